The number of hydrogen-bond donors (Lipinski definition) is 0. The second-order valence-corrected chi connectivity index (χ2v) is 6.23. The molecule has 6 heteroatoms. The number of rotatable bonds is 5. The first-order valence-corrected chi connectivity index (χ1v) is 9.13. The van der Waals surface area contributed by atoms with E-state index in [0.717, 1.165) is 18.8 Å². The normalized spacial score (nSPS) is 13.8. The molecule has 4 rings (SSSR count). The third kappa shape index (κ3) is 4.13. The van der Waals surface area contributed by atoms with Crippen LogP contribution in [-0.2, 0) is 4.74 Å². The fourth-order valence-electron chi connectivity index (χ4n) is 2.99. The van der Waals surface area contributed by atoms with Crippen molar-refractivity contribution < 1.29 is 19.0 Å². The number of esters is 1. The highest BCUT2D eigenvalue weighted by molar-refractivity contribution is 5.94. The summed E-state index contributed by atoms with van der Waals surface area (Å²) >= 11 is 0. The number of anilines is 1. The highest BCUT2D eigenvalue weighted by Crippen LogP contribution is 2.30. The predicted octanol–water partition coefficient (Wildman–Crippen LogP) is 3.93. The van der Waals surface area contributed by atoms with Gasteiger partial charge in [-0.2, -0.15) is 0 Å². The first kappa shape index (κ1) is 18.0. The molecule has 0 atom stereocenters. The van der Waals surface area contributed by atoms with Crippen LogP contribution in [0.15, 0.2) is 72.9 Å². The molecule has 0 spiro atoms. The molecule has 0 amide bonds. The lowest BCUT2D eigenvalue weighted by atomic mass is 10.2. The fourth-order valence-corrected chi connectivity index (χ4v) is 2.99. The average molecular weight is 376 g/mol. The molecule has 1 saturated heterocycles. The number of pyridine rings is 1. The number of morpholine rings is 1. The van der Waals surface area contributed by atoms with Gasteiger partial charge in [-0.25, -0.2) is 9.78 Å². The quantitative estimate of drug-likeness (QED) is 0.497. The summed E-state index contributed by atoms with van der Waals surface area (Å²) < 4.78 is 16.9. The van der Waals surface area contributed by atoms with Crippen LogP contribution in [0.3, 0.4) is 0 Å². The zero-order valence-corrected chi connectivity index (χ0v) is 15.3. The maximum atomic E-state index is 12.9. The topological polar surface area (TPSA) is 60.9 Å². The van der Waals surface area contributed by atoms with E-state index in [1.54, 1.807) is 36.5 Å². The number of hydrogen-bond acceptors (Lipinski definition) is 6. The van der Waals surface area contributed by atoms with Crippen molar-refractivity contribution in [3.05, 3.63) is 78.5 Å². The van der Waals surface area contributed by atoms with Gasteiger partial charge in [-0.3, -0.25) is 0 Å². The summed E-state index contributed by atoms with van der Waals surface area (Å²) in [6.45, 7) is 2.81. The van der Waals surface area contributed by atoms with Crippen molar-refractivity contribution in [3.63, 3.8) is 0 Å². The van der Waals surface area contributed by atoms with Crippen LogP contribution in [0.2, 0.25) is 0 Å². The third-order valence-electron chi connectivity index (χ3n) is 4.37. The smallest absolute Gasteiger partial charge is 0.349 e. The van der Waals surface area contributed by atoms with Crippen molar-refractivity contribution in [2.45, 2.75) is 0 Å². The summed E-state index contributed by atoms with van der Waals surface area (Å²) in [5.74, 6) is 0.801. The van der Waals surface area contributed by atoms with E-state index in [0.29, 0.717) is 24.7 Å². The maximum absolute atomic E-state index is 12.9. The van der Waals surface area contributed by atoms with E-state index in [4.69, 9.17) is 14.2 Å². The first-order chi connectivity index (χ1) is 13.8. The molecule has 0 saturated carbocycles. The molecule has 1 fully saturated rings. The van der Waals surface area contributed by atoms with E-state index in [1.165, 1.54) is 0 Å². The van der Waals surface area contributed by atoms with Crippen molar-refractivity contribution >= 4 is 11.7 Å². The molecule has 0 bridgehead atoms. The zero-order chi connectivity index (χ0) is 19.2. The minimum atomic E-state index is -0.514. The Kier molecular flexibility index (Phi) is 5.49. The molecule has 2 aromatic carbocycles. The highest BCUT2D eigenvalue weighted by Gasteiger charge is 2.20. The Balaban J connectivity index is 1.57. The molecular formula is C22H20N2O4. The molecule has 0 aliphatic carbocycles. The lowest BCUT2D eigenvalue weighted by Crippen LogP contribution is -2.36. The van der Waals surface area contributed by atoms with E-state index >= 15 is 0 Å². The number of aromatic nitrogens is 1. The standard InChI is InChI=1S/C22H20N2O4/c25-22(18-9-6-12-23-21(18)27-17-7-2-1-3-8-17)28-20-11-5-4-10-19(20)24-13-15-26-16-14-24/h1-12H,13-16H2. The lowest BCUT2D eigenvalue weighted by molar-refractivity contribution is 0.0731. The molecule has 0 unspecified atom stereocenters. The summed E-state index contributed by atoms with van der Waals surface area (Å²) in [4.78, 5) is 19.2. The van der Waals surface area contributed by atoms with Crippen LogP contribution < -0.4 is 14.4 Å². The van der Waals surface area contributed by atoms with Gasteiger partial charge in [0, 0.05) is 19.3 Å². The second kappa shape index (κ2) is 8.54. The fraction of sp³-hybridized carbons (Fsp3) is 0.182. The molecule has 142 valence electrons. The number of nitrogens with zero attached hydrogens (tertiary/aromatic N) is 2. The van der Waals surface area contributed by atoms with Gasteiger partial charge in [0.2, 0.25) is 5.88 Å². The van der Waals surface area contributed by atoms with E-state index in [1.807, 2.05) is 36.4 Å². The van der Waals surface area contributed by atoms with Crippen LogP contribution in [0, 0.1) is 0 Å². The molecule has 3 aromatic rings. The predicted molar refractivity (Wildman–Crippen MR) is 105 cm³/mol. The number of benzene rings is 2. The van der Waals surface area contributed by atoms with Gasteiger partial charge in [-0.1, -0.05) is 30.3 Å². The van der Waals surface area contributed by atoms with Crippen molar-refractivity contribution in [2.24, 2.45) is 0 Å². The Morgan fingerprint density at radius 3 is 2.50 bits per heavy atom. The van der Waals surface area contributed by atoms with Crippen molar-refractivity contribution in [1.29, 1.82) is 0 Å². The van der Waals surface area contributed by atoms with Gasteiger partial charge in [0.05, 0.1) is 18.9 Å². The van der Waals surface area contributed by atoms with Crippen molar-refractivity contribution in [2.75, 3.05) is 31.2 Å². The Morgan fingerprint density at radius 2 is 1.68 bits per heavy atom. The van der Waals surface area contributed by atoms with Crippen molar-refractivity contribution in [3.8, 4) is 17.4 Å². The van der Waals surface area contributed by atoms with E-state index in [9.17, 15) is 4.79 Å². The van der Waals surface area contributed by atoms with Gasteiger partial charge < -0.3 is 19.1 Å². The molecule has 28 heavy (non-hydrogen) atoms. The minimum Gasteiger partial charge on any atom is -0.438 e. The van der Waals surface area contributed by atoms with Gasteiger partial charge >= 0.3 is 5.97 Å². The minimum absolute atomic E-state index is 0.211. The Bertz CT molecular complexity index is 940. The first-order valence-electron chi connectivity index (χ1n) is 9.13. The number of ether oxygens (including phenoxy) is 3. The zero-order valence-electron chi connectivity index (χ0n) is 15.3. The molecule has 1 aliphatic heterocycles. The van der Waals surface area contributed by atoms with E-state index < -0.39 is 5.97 Å². The molecule has 2 heterocycles. The number of carbonyl (C=O) groups excluding carboxylic acids is 1. The lowest BCUT2D eigenvalue weighted by Gasteiger charge is -2.30. The molecular weight excluding hydrogens is 356 g/mol. The van der Waals surface area contributed by atoms with Gasteiger partial charge in [0.15, 0.2) is 5.75 Å². The largest absolute Gasteiger partial charge is 0.438 e. The summed E-state index contributed by atoms with van der Waals surface area (Å²) in [6.07, 6.45) is 1.58. The Morgan fingerprint density at radius 1 is 0.929 bits per heavy atom. The van der Waals surface area contributed by atoms with E-state index in [2.05, 4.69) is 9.88 Å². The molecule has 6 nitrogen and oxygen atoms in total. The SMILES string of the molecule is O=C(Oc1ccccc1N1CCOCC1)c1cccnc1Oc1ccccc1. The highest BCUT2D eigenvalue weighted by atomic mass is 16.5. The number of carbonyl (C=O) groups is 1. The van der Waals surface area contributed by atoms with Crippen LogP contribution in [0.1, 0.15) is 10.4 Å². The van der Waals surface area contributed by atoms with Crippen LogP contribution in [0.4, 0.5) is 5.69 Å². The van der Waals surface area contributed by atoms with Gasteiger partial charge in [-0.15, -0.1) is 0 Å². The van der Waals surface area contributed by atoms with Crippen LogP contribution in [0.25, 0.3) is 0 Å². The van der Waals surface area contributed by atoms with Crippen molar-refractivity contribution in [1.82, 2.24) is 4.98 Å². The summed E-state index contributed by atoms with van der Waals surface area (Å²) in [6, 6.07) is 20.0. The van der Waals surface area contributed by atoms with Crippen LogP contribution in [0.5, 0.6) is 17.4 Å². The van der Waals surface area contributed by atoms with Crippen LogP contribution >= 0.6 is 0 Å². The maximum Gasteiger partial charge on any atom is 0.349 e. The Hall–Kier alpha value is -3.38. The Labute approximate surface area is 163 Å². The van der Waals surface area contributed by atoms with Gasteiger partial charge in [-0.05, 0) is 36.4 Å². The monoisotopic (exact) mass is 376 g/mol. The molecule has 1 aromatic heterocycles. The van der Waals surface area contributed by atoms with Crippen LogP contribution in [-0.4, -0.2) is 37.3 Å². The summed E-state index contributed by atoms with van der Waals surface area (Å²) in [7, 11) is 0. The molecule has 0 radical (unpaired) electrons. The number of para-hydroxylation sites is 3. The summed E-state index contributed by atoms with van der Waals surface area (Å²) in [5.41, 5.74) is 1.14. The van der Waals surface area contributed by atoms with E-state index in [-0.39, 0.29) is 11.4 Å². The van der Waals surface area contributed by atoms with Gasteiger partial charge in [0.25, 0.3) is 0 Å². The second-order valence-electron chi connectivity index (χ2n) is 6.23. The summed E-state index contributed by atoms with van der Waals surface area (Å²) in [5, 5.41) is 0. The van der Waals surface area contributed by atoms with Gasteiger partial charge in [0.1, 0.15) is 11.3 Å². The average Bonchev–Trinajstić information content (AvgIpc) is 2.76. The third-order valence-corrected chi connectivity index (χ3v) is 4.37. The molecule has 1 aliphatic rings. The molecule has 0 N–H and O–H groups in total.